The summed E-state index contributed by atoms with van der Waals surface area (Å²) < 4.78 is 9.49. The third kappa shape index (κ3) is 4.01. The molecule has 2 heterocycles. The summed E-state index contributed by atoms with van der Waals surface area (Å²) in [6, 6.07) is 16.8. The van der Waals surface area contributed by atoms with Gasteiger partial charge in [0, 0.05) is 38.7 Å². The first-order valence-corrected chi connectivity index (χ1v) is 10.6. The normalized spacial score (nSPS) is 11.0. The molecule has 1 amide bonds. The number of carbonyl (C=O) groups excluding carboxylic acids is 2. The Morgan fingerprint density at radius 2 is 1.62 bits per heavy atom. The Morgan fingerprint density at radius 3 is 2.25 bits per heavy atom. The molecule has 0 radical (unpaired) electrons. The second kappa shape index (κ2) is 8.55. The second-order valence-electron chi connectivity index (χ2n) is 7.78. The first-order chi connectivity index (χ1) is 15.3. The lowest BCUT2D eigenvalue weighted by Gasteiger charge is -2.12. The van der Waals surface area contributed by atoms with E-state index in [2.05, 4.69) is 5.43 Å². The van der Waals surface area contributed by atoms with E-state index >= 15 is 0 Å². The van der Waals surface area contributed by atoms with Crippen LogP contribution < -0.4 is 10.2 Å². The number of carbonyl (C=O) groups is 2. The predicted octanol–water partition coefficient (Wildman–Crippen LogP) is 5.36. The van der Waals surface area contributed by atoms with Crippen LogP contribution in [0.25, 0.3) is 16.6 Å². The van der Waals surface area contributed by atoms with Gasteiger partial charge in [-0.05, 0) is 82.3 Å². The van der Waals surface area contributed by atoms with Gasteiger partial charge in [0.2, 0.25) is 0 Å². The van der Waals surface area contributed by atoms with E-state index in [9.17, 15) is 9.59 Å². The average molecular weight is 450 g/mol. The molecule has 0 aliphatic carbocycles. The Kier molecular flexibility index (Phi) is 5.80. The highest BCUT2D eigenvalue weighted by molar-refractivity contribution is 6.30. The molecule has 1 N–H and O–H groups in total. The number of Topliss-reactive ketones (excluding diaryl/α,β-unsaturated/α-hetero) is 1. The summed E-state index contributed by atoms with van der Waals surface area (Å²) >= 11 is 6.04. The molecule has 2 aromatic heterocycles. The van der Waals surface area contributed by atoms with E-state index < -0.39 is 0 Å². The van der Waals surface area contributed by atoms with Crippen molar-refractivity contribution in [1.29, 1.82) is 0 Å². The Bertz CT molecular complexity index is 1310. The molecule has 32 heavy (non-hydrogen) atoms. The number of nitrogens with one attached hydrogen (secondary N) is 1. The van der Waals surface area contributed by atoms with E-state index in [-0.39, 0.29) is 18.3 Å². The number of amides is 1. The maximum absolute atomic E-state index is 12.5. The Hall–Kier alpha value is -3.51. The van der Waals surface area contributed by atoms with Gasteiger partial charge in [-0.3, -0.25) is 19.7 Å². The van der Waals surface area contributed by atoms with Crippen molar-refractivity contribution in [3.05, 3.63) is 82.3 Å². The standard InChI is InChI=1S/C25H24ClN3O3/c1-15-5-6-16(2)29(15)27-24(31)14-32-21-11-12-23-22(13-21)25(18(4)30)17(3)28(23)20-9-7-19(26)8-10-20/h5-13H,14H2,1-4H3,(H,27,31). The quantitative estimate of drug-likeness (QED) is 0.403. The third-order valence-corrected chi connectivity index (χ3v) is 5.74. The molecule has 6 nitrogen and oxygen atoms in total. The smallest absolute Gasteiger partial charge is 0.276 e. The van der Waals surface area contributed by atoms with Gasteiger partial charge >= 0.3 is 0 Å². The molecule has 0 aliphatic rings. The van der Waals surface area contributed by atoms with Gasteiger partial charge in [-0.25, -0.2) is 0 Å². The Morgan fingerprint density at radius 1 is 0.969 bits per heavy atom. The number of hydrogen-bond donors (Lipinski definition) is 1. The van der Waals surface area contributed by atoms with Gasteiger partial charge in [-0.2, -0.15) is 0 Å². The molecule has 7 heteroatoms. The lowest BCUT2D eigenvalue weighted by molar-refractivity contribution is -0.119. The molecule has 4 rings (SSSR count). The fourth-order valence-electron chi connectivity index (χ4n) is 4.01. The van der Waals surface area contributed by atoms with Gasteiger partial charge in [0.15, 0.2) is 12.4 Å². The van der Waals surface area contributed by atoms with Crippen LogP contribution in [-0.4, -0.2) is 27.5 Å². The highest BCUT2D eigenvalue weighted by atomic mass is 35.5. The van der Waals surface area contributed by atoms with E-state index in [1.165, 1.54) is 0 Å². The van der Waals surface area contributed by atoms with Crippen molar-refractivity contribution in [2.24, 2.45) is 0 Å². The summed E-state index contributed by atoms with van der Waals surface area (Å²) in [5, 5.41) is 1.42. The van der Waals surface area contributed by atoms with Crippen LogP contribution >= 0.6 is 11.6 Å². The molecule has 4 aromatic rings. The minimum atomic E-state index is -0.269. The lowest BCUT2D eigenvalue weighted by Crippen LogP contribution is -2.29. The molecule has 0 atom stereocenters. The minimum Gasteiger partial charge on any atom is -0.484 e. The van der Waals surface area contributed by atoms with Crippen molar-refractivity contribution < 1.29 is 14.3 Å². The van der Waals surface area contributed by atoms with Gasteiger partial charge in [-0.15, -0.1) is 0 Å². The Balaban J connectivity index is 1.63. The highest BCUT2D eigenvalue weighted by Gasteiger charge is 2.19. The lowest BCUT2D eigenvalue weighted by atomic mass is 10.1. The van der Waals surface area contributed by atoms with Crippen LogP contribution in [0.4, 0.5) is 0 Å². The number of halogens is 1. The molecule has 0 aliphatic heterocycles. The van der Waals surface area contributed by atoms with Crippen LogP contribution in [0.5, 0.6) is 5.75 Å². The number of benzene rings is 2. The summed E-state index contributed by atoms with van der Waals surface area (Å²) in [5.41, 5.74) is 7.94. The van der Waals surface area contributed by atoms with Crippen molar-refractivity contribution in [3.63, 3.8) is 0 Å². The third-order valence-electron chi connectivity index (χ3n) is 5.49. The molecule has 0 saturated heterocycles. The van der Waals surface area contributed by atoms with Crippen molar-refractivity contribution in [1.82, 2.24) is 9.24 Å². The fourth-order valence-corrected chi connectivity index (χ4v) is 4.13. The second-order valence-corrected chi connectivity index (χ2v) is 8.22. The molecule has 2 aromatic carbocycles. The number of aryl methyl sites for hydroxylation is 2. The zero-order valence-corrected chi connectivity index (χ0v) is 19.2. The van der Waals surface area contributed by atoms with Crippen LogP contribution in [0.15, 0.2) is 54.6 Å². The molecule has 164 valence electrons. The summed E-state index contributed by atoms with van der Waals surface area (Å²) in [6.07, 6.45) is 0. The minimum absolute atomic E-state index is 0.0336. The van der Waals surface area contributed by atoms with Gasteiger partial charge in [-0.1, -0.05) is 11.6 Å². The van der Waals surface area contributed by atoms with Gasteiger partial charge in [0.1, 0.15) is 5.75 Å². The maximum Gasteiger partial charge on any atom is 0.276 e. The van der Waals surface area contributed by atoms with E-state index in [0.29, 0.717) is 16.3 Å². The Labute approximate surface area is 191 Å². The van der Waals surface area contributed by atoms with Crippen LogP contribution in [0.2, 0.25) is 5.02 Å². The monoisotopic (exact) mass is 449 g/mol. The van der Waals surface area contributed by atoms with Crippen LogP contribution in [0.3, 0.4) is 0 Å². The number of fused-ring (bicyclic) bond motifs is 1. The maximum atomic E-state index is 12.5. The average Bonchev–Trinajstić information content (AvgIpc) is 3.23. The first-order valence-electron chi connectivity index (χ1n) is 10.3. The molecular formula is C25H24ClN3O3. The van der Waals surface area contributed by atoms with E-state index in [1.807, 2.05) is 73.9 Å². The largest absolute Gasteiger partial charge is 0.484 e. The number of rotatable bonds is 6. The number of nitrogens with zero attached hydrogens (tertiary/aromatic N) is 2. The molecule has 0 bridgehead atoms. The van der Waals surface area contributed by atoms with Crippen molar-refractivity contribution in [2.45, 2.75) is 27.7 Å². The van der Waals surface area contributed by atoms with E-state index in [1.54, 1.807) is 17.7 Å². The SMILES string of the molecule is CC(=O)c1c(C)n(-c2ccc(Cl)cc2)c2ccc(OCC(=O)Nn3c(C)ccc3C)cc12. The summed E-state index contributed by atoms with van der Waals surface area (Å²) in [7, 11) is 0. The van der Waals surface area contributed by atoms with Crippen molar-refractivity contribution in [2.75, 3.05) is 12.0 Å². The van der Waals surface area contributed by atoms with Gasteiger partial charge < -0.3 is 9.30 Å². The highest BCUT2D eigenvalue weighted by Crippen LogP contribution is 2.32. The fraction of sp³-hybridized carbons (Fsp3) is 0.200. The number of aromatic nitrogens is 2. The van der Waals surface area contributed by atoms with Gasteiger partial charge in [0.05, 0.1) is 5.52 Å². The van der Waals surface area contributed by atoms with Crippen LogP contribution in [0, 0.1) is 20.8 Å². The van der Waals surface area contributed by atoms with Crippen molar-refractivity contribution >= 4 is 34.2 Å². The number of ether oxygens (including phenoxy) is 1. The molecule has 0 fully saturated rings. The molecular weight excluding hydrogens is 426 g/mol. The van der Waals surface area contributed by atoms with E-state index in [4.69, 9.17) is 16.3 Å². The zero-order chi connectivity index (χ0) is 23.0. The predicted molar refractivity (Wildman–Crippen MR) is 127 cm³/mol. The van der Waals surface area contributed by atoms with Gasteiger partial charge in [0.25, 0.3) is 5.91 Å². The molecule has 0 unspecified atom stereocenters. The summed E-state index contributed by atoms with van der Waals surface area (Å²) in [5.74, 6) is 0.215. The van der Waals surface area contributed by atoms with E-state index in [0.717, 1.165) is 33.7 Å². The van der Waals surface area contributed by atoms with Crippen LogP contribution in [0.1, 0.15) is 34.4 Å². The molecule has 0 spiro atoms. The first kappa shape index (κ1) is 21.7. The van der Waals surface area contributed by atoms with Crippen molar-refractivity contribution in [3.8, 4) is 11.4 Å². The number of ketones is 1. The summed E-state index contributed by atoms with van der Waals surface area (Å²) in [6.45, 7) is 7.16. The zero-order valence-electron chi connectivity index (χ0n) is 18.4. The topological polar surface area (TPSA) is 65.3 Å². The molecule has 0 saturated carbocycles. The van der Waals surface area contributed by atoms with Crippen LogP contribution in [-0.2, 0) is 4.79 Å². The summed E-state index contributed by atoms with van der Waals surface area (Å²) in [4.78, 5) is 24.8. The number of hydrogen-bond acceptors (Lipinski definition) is 3.